The van der Waals surface area contributed by atoms with E-state index in [1.54, 1.807) is 4.90 Å². The lowest BCUT2D eigenvalue weighted by Crippen LogP contribution is -2.56. The fourth-order valence-electron chi connectivity index (χ4n) is 2.64. The lowest BCUT2D eigenvalue weighted by atomic mass is 9.87. The van der Waals surface area contributed by atoms with Gasteiger partial charge in [0, 0.05) is 6.54 Å². The van der Waals surface area contributed by atoms with Gasteiger partial charge in [0.1, 0.15) is 0 Å². The first-order valence-corrected chi connectivity index (χ1v) is 6.53. The van der Waals surface area contributed by atoms with Crippen LogP contribution in [0.4, 0.5) is 4.79 Å². The van der Waals surface area contributed by atoms with E-state index in [0.717, 1.165) is 32.4 Å². The molecule has 2 heterocycles. The Balaban J connectivity index is 2.02. The van der Waals surface area contributed by atoms with Crippen LogP contribution in [0.5, 0.6) is 0 Å². The Labute approximate surface area is 103 Å². The Hall–Kier alpha value is -0.810. The molecule has 0 aromatic rings. The lowest BCUT2D eigenvalue weighted by Gasteiger charge is -2.36. The highest BCUT2D eigenvalue weighted by atomic mass is 16.3. The highest BCUT2D eigenvalue weighted by Gasteiger charge is 2.50. The molecule has 2 amide bonds. The molecule has 2 aliphatic heterocycles. The third kappa shape index (κ3) is 2.40. The molecule has 2 rings (SSSR count). The van der Waals surface area contributed by atoms with Crippen molar-refractivity contribution in [3.63, 3.8) is 0 Å². The quantitative estimate of drug-likeness (QED) is 0.674. The van der Waals surface area contributed by atoms with Gasteiger partial charge in [0.15, 0.2) is 6.23 Å². The largest absolute Gasteiger partial charge is 0.371 e. The zero-order chi connectivity index (χ0) is 12.5. The van der Waals surface area contributed by atoms with Gasteiger partial charge in [0.05, 0.1) is 5.54 Å². The maximum absolute atomic E-state index is 11.9. The molecule has 98 valence electrons. The molecule has 0 bridgehead atoms. The zero-order valence-electron chi connectivity index (χ0n) is 10.7. The number of urea groups is 1. The van der Waals surface area contributed by atoms with Crippen molar-refractivity contribution in [3.8, 4) is 0 Å². The van der Waals surface area contributed by atoms with Crippen LogP contribution in [0.15, 0.2) is 0 Å². The third-order valence-corrected chi connectivity index (χ3v) is 3.85. The average molecular weight is 241 g/mol. The number of hydrogen-bond donors (Lipinski definition) is 3. The highest BCUT2D eigenvalue weighted by molar-refractivity contribution is 5.78. The Morgan fingerprint density at radius 2 is 2.12 bits per heavy atom. The van der Waals surface area contributed by atoms with Crippen LogP contribution in [0.1, 0.15) is 33.1 Å². The summed E-state index contributed by atoms with van der Waals surface area (Å²) < 4.78 is 0. The van der Waals surface area contributed by atoms with Gasteiger partial charge >= 0.3 is 6.03 Å². The minimum Gasteiger partial charge on any atom is -0.371 e. The van der Waals surface area contributed by atoms with Crippen molar-refractivity contribution in [3.05, 3.63) is 0 Å². The topological polar surface area (TPSA) is 64.6 Å². The van der Waals surface area contributed by atoms with Crippen LogP contribution in [-0.2, 0) is 0 Å². The number of carbonyl (C=O) groups excluding carboxylic acids is 1. The molecule has 5 nitrogen and oxygen atoms in total. The second kappa shape index (κ2) is 4.82. The van der Waals surface area contributed by atoms with Crippen molar-refractivity contribution in [1.29, 1.82) is 0 Å². The van der Waals surface area contributed by atoms with Crippen molar-refractivity contribution < 1.29 is 9.90 Å². The molecule has 2 aliphatic rings. The maximum Gasteiger partial charge on any atom is 0.320 e. The van der Waals surface area contributed by atoms with Crippen LogP contribution in [-0.4, -0.2) is 47.4 Å². The molecule has 1 unspecified atom stereocenters. The number of amides is 2. The fourth-order valence-corrected chi connectivity index (χ4v) is 2.64. The number of aliphatic hydroxyl groups excluding tert-OH is 1. The number of rotatable bonds is 3. The van der Waals surface area contributed by atoms with Gasteiger partial charge in [-0.25, -0.2) is 4.79 Å². The van der Waals surface area contributed by atoms with E-state index in [1.165, 1.54) is 0 Å². The van der Waals surface area contributed by atoms with Gasteiger partial charge in [-0.3, -0.25) is 4.90 Å². The maximum atomic E-state index is 11.9. The summed E-state index contributed by atoms with van der Waals surface area (Å²) in [6.45, 7) is 6.60. The van der Waals surface area contributed by atoms with Crippen LogP contribution in [0.3, 0.4) is 0 Å². The molecule has 0 saturated carbocycles. The Morgan fingerprint density at radius 1 is 1.47 bits per heavy atom. The van der Waals surface area contributed by atoms with Gasteiger partial charge in [-0.05, 0) is 38.3 Å². The smallest absolute Gasteiger partial charge is 0.320 e. The van der Waals surface area contributed by atoms with Crippen LogP contribution in [0.25, 0.3) is 0 Å². The molecule has 0 aromatic carbocycles. The van der Waals surface area contributed by atoms with Crippen LogP contribution < -0.4 is 10.6 Å². The van der Waals surface area contributed by atoms with Crippen molar-refractivity contribution >= 4 is 6.03 Å². The predicted molar refractivity (Wildman–Crippen MR) is 65.5 cm³/mol. The van der Waals surface area contributed by atoms with Crippen molar-refractivity contribution in [2.45, 2.75) is 44.9 Å². The summed E-state index contributed by atoms with van der Waals surface area (Å²) in [5.41, 5.74) is -0.417. The second-order valence-electron chi connectivity index (χ2n) is 5.59. The number of nitrogens with one attached hydrogen (secondary N) is 2. The molecule has 2 saturated heterocycles. The summed E-state index contributed by atoms with van der Waals surface area (Å²) in [4.78, 5) is 13.5. The molecule has 1 spiro atoms. The molecule has 1 atom stereocenters. The van der Waals surface area contributed by atoms with Crippen LogP contribution >= 0.6 is 0 Å². The average Bonchev–Trinajstić information content (AvgIpc) is 2.50. The standard InChI is InChI=1S/C12H23N3O2/c1-9(2)3-8-15-10(16)12(14-11(15)17)4-6-13-7-5-12/h9-10,13,16H,3-8H2,1-2H3,(H,14,17). The van der Waals surface area contributed by atoms with E-state index < -0.39 is 11.8 Å². The summed E-state index contributed by atoms with van der Waals surface area (Å²) in [6, 6.07) is -0.111. The van der Waals surface area contributed by atoms with E-state index in [9.17, 15) is 9.90 Å². The van der Waals surface area contributed by atoms with Gasteiger partial charge in [0.2, 0.25) is 0 Å². The molecular formula is C12H23N3O2. The summed E-state index contributed by atoms with van der Waals surface area (Å²) in [5.74, 6) is 0.541. The van der Waals surface area contributed by atoms with E-state index in [1.807, 2.05) is 0 Å². The monoisotopic (exact) mass is 241 g/mol. The minimum atomic E-state index is -0.671. The number of nitrogens with zero attached hydrogens (tertiary/aromatic N) is 1. The molecule has 0 radical (unpaired) electrons. The number of piperidine rings is 1. The molecule has 3 N–H and O–H groups in total. The first-order valence-electron chi connectivity index (χ1n) is 6.53. The number of hydrogen-bond acceptors (Lipinski definition) is 3. The van der Waals surface area contributed by atoms with Crippen LogP contribution in [0, 0.1) is 5.92 Å². The van der Waals surface area contributed by atoms with Crippen LogP contribution in [0.2, 0.25) is 0 Å². The van der Waals surface area contributed by atoms with Gasteiger partial charge in [-0.1, -0.05) is 13.8 Å². The SMILES string of the molecule is CC(C)CCN1C(=O)NC2(CCNCC2)C1O. The first kappa shape index (κ1) is 12.6. The molecule has 17 heavy (non-hydrogen) atoms. The normalized spacial score (nSPS) is 27.9. The number of carbonyl (C=O) groups is 1. The first-order chi connectivity index (χ1) is 8.05. The van der Waals surface area contributed by atoms with Gasteiger partial charge in [0.25, 0.3) is 0 Å². The van der Waals surface area contributed by atoms with Gasteiger partial charge in [-0.2, -0.15) is 0 Å². The Morgan fingerprint density at radius 3 is 2.71 bits per heavy atom. The minimum absolute atomic E-state index is 0.111. The molecule has 0 aromatic heterocycles. The Kier molecular flexibility index (Phi) is 3.58. The van der Waals surface area contributed by atoms with Crippen molar-refractivity contribution in [1.82, 2.24) is 15.5 Å². The molecule has 2 fully saturated rings. The fraction of sp³-hybridized carbons (Fsp3) is 0.917. The van der Waals surface area contributed by atoms with E-state index in [2.05, 4.69) is 24.5 Å². The van der Waals surface area contributed by atoms with Gasteiger partial charge < -0.3 is 15.7 Å². The molecular weight excluding hydrogens is 218 g/mol. The summed E-state index contributed by atoms with van der Waals surface area (Å²) in [6.07, 6.45) is 1.87. The Bertz CT molecular complexity index is 287. The third-order valence-electron chi connectivity index (χ3n) is 3.85. The lowest BCUT2D eigenvalue weighted by molar-refractivity contribution is -0.0114. The highest BCUT2D eigenvalue weighted by Crippen LogP contribution is 2.30. The number of aliphatic hydroxyl groups is 1. The van der Waals surface area contributed by atoms with Crippen molar-refractivity contribution in [2.75, 3.05) is 19.6 Å². The summed E-state index contributed by atoms with van der Waals surface area (Å²) in [7, 11) is 0. The van der Waals surface area contributed by atoms with Crippen molar-refractivity contribution in [2.24, 2.45) is 5.92 Å². The molecule has 0 aliphatic carbocycles. The van der Waals surface area contributed by atoms with Gasteiger partial charge in [-0.15, -0.1) is 0 Å². The molecule has 5 heteroatoms. The second-order valence-corrected chi connectivity index (χ2v) is 5.59. The van der Waals surface area contributed by atoms with E-state index in [4.69, 9.17) is 0 Å². The summed E-state index contributed by atoms with van der Waals surface area (Å²) in [5, 5.41) is 16.6. The van der Waals surface area contributed by atoms with E-state index in [0.29, 0.717) is 12.5 Å². The van der Waals surface area contributed by atoms with E-state index in [-0.39, 0.29) is 6.03 Å². The zero-order valence-corrected chi connectivity index (χ0v) is 10.7. The summed E-state index contributed by atoms with van der Waals surface area (Å²) >= 11 is 0. The predicted octanol–water partition coefficient (Wildman–Crippen LogP) is 0.498. The van der Waals surface area contributed by atoms with E-state index >= 15 is 0 Å².